The number of carbonyl (C=O) groups excluding carboxylic acids is 1. The number of benzene rings is 1. The summed E-state index contributed by atoms with van der Waals surface area (Å²) in [6.45, 7) is 2.39. The van der Waals surface area contributed by atoms with E-state index in [9.17, 15) is 14.7 Å². The molecule has 0 saturated carbocycles. The van der Waals surface area contributed by atoms with Crippen LogP contribution in [0.1, 0.15) is 38.9 Å². The van der Waals surface area contributed by atoms with Crippen molar-refractivity contribution in [1.82, 2.24) is 4.57 Å². The summed E-state index contributed by atoms with van der Waals surface area (Å²) < 4.78 is 2.58. The number of carboxylic acid groups (broad SMARTS) is 1. The number of halogens is 1. The first kappa shape index (κ1) is 14.8. The zero-order valence-electron chi connectivity index (χ0n) is 11.0. The molecule has 4 nitrogen and oxygen atoms in total. The van der Waals surface area contributed by atoms with E-state index in [0.29, 0.717) is 19.3 Å². The average Bonchev–Trinajstić information content (AvgIpc) is 2.72. The molecule has 2 rings (SSSR count). The van der Waals surface area contributed by atoms with Gasteiger partial charge in [-0.05, 0) is 40.1 Å². The third kappa shape index (κ3) is 2.63. The van der Waals surface area contributed by atoms with Crippen LogP contribution in [0.15, 0.2) is 30.3 Å². The molecule has 1 heterocycles. The topological polar surface area (TPSA) is 59.3 Å². The van der Waals surface area contributed by atoms with Gasteiger partial charge >= 0.3 is 5.97 Å². The Morgan fingerprint density at radius 1 is 1.35 bits per heavy atom. The predicted octanol–water partition coefficient (Wildman–Crippen LogP) is 3.21. The Kier molecular flexibility index (Phi) is 4.59. The summed E-state index contributed by atoms with van der Waals surface area (Å²) in [5.41, 5.74) is 2.12. The Bertz CT molecular complexity index is 647. The molecule has 1 aromatic heterocycles. The monoisotopic (exact) mass is 383 g/mol. The van der Waals surface area contributed by atoms with Crippen molar-refractivity contribution in [2.45, 2.75) is 19.9 Å². The van der Waals surface area contributed by atoms with Crippen LogP contribution >= 0.6 is 22.6 Å². The number of hydrogen-bond acceptors (Lipinski definition) is 2. The number of aromatic nitrogens is 1. The maximum atomic E-state index is 11.4. The van der Waals surface area contributed by atoms with Gasteiger partial charge in [0.25, 0.3) is 0 Å². The van der Waals surface area contributed by atoms with Crippen LogP contribution in [0.2, 0.25) is 0 Å². The van der Waals surface area contributed by atoms with E-state index in [0.717, 1.165) is 14.8 Å². The Labute approximate surface area is 130 Å². The molecule has 1 N–H and O–H groups in total. The Morgan fingerprint density at radius 2 is 2.00 bits per heavy atom. The summed E-state index contributed by atoms with van der Waals surface area (Å²) in [7, 11) is 0. The van der Waals surface area contributed by atoms with Gasteiger partial charge in [0.1, 0.15) is 0 Å². The lowest BCUT2D eigenvalue weighted by molar-refractivity contribution is 0.0692. The van der Waals surface area contributed by atoms with Crippen LogP contribution in [-0.4, -0.2) is 21.9 Å². The van der Waals surface area contributed by atoms with Crippen LogP contribution in [0.4, 0.5) is 0 Å². The van der Waals surface area contributed by atoms with Crippen molar-refractivity contribution in [3.05, 3.63) is 56.4 Å². The van der Waals surface area contributed by atoms with E-state index in [1.807, 2.05) is 37.3 Å². The maximum absolute atomic E-state index is 11.4. The number of nitrogens with zero attached hydrogens (tertiary/aromatic N) is 1. The van der Waals surface area contributed by atoms with Crippen LogP contribution in [0, 0.1) is 3.70 Å². The van der Waals surface area contributed by atoms with Crippen LogP contribution in [0.3, 0.4) is 0 Å². The van der Waals surface area contributed by atoms with Gasteiger partial charge in [-0.1, -0.05) is 37.3 Å². The lowest BCUT2D eigenvalue weighted by Gasteiger charge is -2.08. The lowest BCUT2D eigenvalue weighted by atomic mass is 10.1. The molecule has 0 atom stereocenters. The molecule has 20 heavy (non-hydrogen) atoms. The number of aromatic carboxylic acids is 1. The first-order valence-corrected chi connectivity index (χ1v) is 7.31. The summed E-state index contributed by atoms with van der Waals surface area (Å²) in [4.78, 5) is 22.7. The normalized spacial score (nSPS) is 10.5. The zero-order valence-corrected chi connectivity index (χ0v) is 13.1. The highest BCUT2D eigenvalue weighted by Crippen LogP contribution is 2.25. The molecule has 0 radical (unpaired) electrons. The highest BCUT2D eigenvalue weighted by atomic mass is 127. The van der Waals surface area contributed by atoms with E-state index < -0.39 is 5.97 Å². The SMILES string of the molecule is CCc1c(C(=O)O)c(C=O)n(Cc2ccccc2)c1I. The average molecular weight is 383 g/mol. The Morgan fingerprint density at radius 3 is 2.50 bits per heavy atom. The fraction of sp³-hybridized carbons (Fsp3) is 0.200. The van der Waals surface area contributed by atoms with Gasteiger partial charge in [-0.2, -0.15) is 0 Å². The molecule has 0 aliphatic carbocycles. The van der Waals surface area contributed by atoms with Crippen LogP contribution in [0.25, 0.3) is 0 Å². The molecule has 0 amide bonds. The fourth-order valence-electron chi connectivity index (χ4n) is 2.27. The predicted molar refractivity (Wildman–Crippen MR) is 84.4 cm³/mol. The van der Waals surface area contributed by atoms with Gasteiger partial charge in [0.2, 0.25) is 0 Å². The van der Waals surface area contributed by atoms with Crippen molar-refractivity contribution in [1.29, 1.82) is 0 Å². The van der Waals surface area contributed by atoms with E-state index in [1.165, 1.54) is 0 Å². The highest BCUT2D eigenvalue weighted by molar-refractivity contribution is 14.1. The van der Waals surface area contributed by atoms with Crippen molar-refractivity contribution in [3.8, 4) is 0 Å². The first-order chi connectivity index (χ1) is 9.60. The maximum Gasteiger partial charge on any atom is 0.338 e. The fourth-order valence-corrected chi connectivity index (χ4v) is 3.35. The first-order valence-electron chi connectivity index (χ1n) is 6.23. The van der Waals surface area contributed by atoms with Crippen LogP contribution in [-0.2, 0) is 13.0 Å². The largest absolute Gasteiger partial charge is 0.478 e. The van der Waals surface area contributed by atoms with Crippen molar-refractivity contribution >= 4 is 34.8 Å². The summed E-state index contributed by atoms with van der Waals surface area (Å²) in [6, 6.07) is 9.68. The van der Waals surface area contributed by atoms with Gasteiger partial charge in [0.05, 0.1) is 15.0 Å². The van der Waals surface area contributed by atoms with E-state index in [-0.39, 0.29) is 11.3 Å². The second kappa shape index (κ2) is 6.21. The molecule has 104 valence electrons. The third-order valence-electron chi connectivity index (χ3n) is 3.20. The second-order valence-electron chi connectivity index (χ2n) is 4.38. The molecule has 2 aromatic rings. The second-order valence-corrected chi connectivity index (χ2v) is 5.40. The number of carboxylic acids is 1. The molecule has 0 saturated heterocycles. The zero-order chi connectivity index (χ0) is 14.7. The Hall–Kier alpha value is -1.63. The minimum atomic E-state index is -1.05. The van der Waals surface area contributed by atoms with Crippen molar-refractivity contribution in [2.24, 2.45) is 0 Å². The van der Waals surface area contributed by atoms with Gasteiger partial charge in [0.15, 0.2) is 6.29 Å². The quantitative estimate of drug-likeness (QED) is 0.637. The molecule has 0 unspecified atom stereocenters. The summed E-state index contributed by atoms with van der Waals surface area (Å²) in [5, 5.41) is 9.34. The van der Waals surface area contributed by atoms with Gasteiger partial charge < -0.3 is 9.67 Å². The molecule has 5 heteroatoms. The third-order valence-corrected chi connectivity index (χ3v) is 4.43. The minimum absolute atomic E-state index is 0.128. The standard InChI is InChI=1S/C15H14INO3/c1-2-11-13(15(19)20)12(9-18)17(14(11)16)8-10-6-4-3-5-7-10/h3-7,9H,2,8H2,1H3,(H,19,20). The van der Waals surface area contributed by atoms with Crippen LogP contribution in [0.5, 0.6) is 0 Å². The molecule has 0 fully saturated rings. The number of rotatable bonds is 5. The summed E-state index contributed by atoms with van der Waals surface area (Å²) in [5.74, 6) is -1.05. The Balaban J connectivity index is 2.58. The van der Waals surface area contributed by atoms with Gasteiger partial charge in [-0.15, -0.1) is 0 Å². The molecule has 0 aliphatic rings. The molecule has 0 bridgehead atoms. The number of aldehydes is 1. The lowest BCUT2D eigenvalue weighted by Crippen LogP contribution is -2.08. The number of hydrogen-bond donors (Lipinski definition) is 1. The van der Waals surface area contributed by atoms with E-state index >= 15 is 0 Å². The smallest absolute Gasteiger partial charge is 0.338 e. The summed E-state index contributed by atoms with van der Waals surface area (Å²) in [6.07, 6.45) is 1.22. The molecule has 1 aromatic carbocycles. The van der Waals surface area contributed by atoms with Crippen molar-refractivity contribution < 1.29 is 14.7 Å². The van der Waals surface area contributed by atoms with Crippen LogP contribution < -0.4 is 0 Å². The number of carbonyl (C=O) groups is 2. The minimum Gasteiger partial charge on any atom is -0.478 e. The van der Waals surface area contributed by atoms with Crippen molar-refractivity contribution in [2.75, 3.05) is 0 Å². The van der Waals surface area contributed by atoms with E-state index in [2.05, 4.69) is 22.6 Å². The van der Waals surface area contributed by atoms with E-state index in [1.54, 1.807) is 4.57 Å². The van der Waals surface area contributed by atoms with Crippen molar-refractivity contribution in [3.63, 3.8) is 0 Å². The molecular weight excluding hydrogens is 369 g/mol. The molecule has 0 aliphatic heterocycles. The van der Waals surface area contributed by atoms with Gasteiger partial charge in [-0.3, -0.25) is 4.79 Å². The van der Waals surface area contributed by atoms with E-state index in [4.69, 9.17) is 0 Å². The highest BCUT2D eigenvalue weighted by Gasteiger charge is 2.24. The molecule has 0 spiro atoms. The summed E-state index contributed by atoms with van der Waals surface area (Å²) >= 11 is 2.11. The van der Waals surface area contributed by atoms with Gasteiger partial charge in [0, 0.05) is 6.54 Å². The van der Waals surface area contributed by atoms with Gasteiger partial charge in [-0.25, -0.2) is 4.79 Å². The molecular formula is C15H14INO3.